The van der Waals surface area contributed by atoms with Crippen molar-refractivity contribution < 1.29 is 25.5 Å². The highest BCUT2D eigenvalue weighted by Crippen LogP contribution is 2.28. The minimum Gasteiger partial charge on any atom is -0.389 e. The second-order valence-corrected chi connectivity index (χ2v) is 4.05. The number of piperidine rings is 1. The molecule has 6 heteroatoms. The summed E-state index contributed by atoms with van der Waals surface area (Å²) in [5, 5.41) is 47.2. The summed E-state index contributed by atoms with van der Waals surface area (Å²) in [6.45, 7) is 0.379. The van der Waals surface area contributed by atoms with E-state index in [1.54, 1.807) is 4.90 Å². The highest BCUT2D eigenvalue weighted by atomic mass is 16.4. The summed E-state index contributed by atoms with van der Waals surface area (Å²) in [7, 11) is 0. The fourth-order valence-corrected chi connectivity index (χ4v) is 2.31. The molecule has 0 bridgehead atoms. The van der Waals surface area contributed by atoms with Crippen LogP contribution >= 0.6 is 0 Å². The number of hydrogen-bond acceptors (Lipinski definition) is 6. The lowest BCUT2D eigenvalue weighted by atomic mass is 9.93. The first-order chi connectivity index (χ1) is 6.52. The van der Waals surface area contributed by atoms with Gasteiger partial charge in [0, 0.05) is 13.1 Å². The highest BCUT2D eigenvalue weighted by Gasteiger charge is 2.51. The number of hydrogen-bond donors (Lipinski definition) is 5. The molecule has 0 aromatic rings. The first kappa shape index (κ1) is 10.3. The Hall–Kier alpha value is -0.240. The third-order valence-electron chi connectivity index (χ3n) is 3.10. The Kier molecular flexibility index (Phi) is 2.50. The molecule has 6 atom stereocenters. The van der Waals surface area contributed by atoms with Crippen molar-refractivity contribution in [2.45, 2.75) is 36.6 Å². The van der Waals surface area contributed by atoms with Crippen molar-refractivity contribution in [2.75, 3.05) is 13.1 Å². The summed E-state index contributed by atoms with van der Waals surface area (Å²) < 4.78 is 0. The minimum absolute atomic E-state index is 0.164. The Balaban J connectivity index is 2.18. The summed E-state index contributed by atoms with van der Waals surface area (Å²) in [5.74, 6) is 0. The van der Waals surface area contributed by atoms with Crippen LogP contribution in [0.5, 0.6) is 0 Å². The van der Waals surface area contributed by atoms with Crippen LogP contribution < -0.4 is 0 Å². The zero-order valence-electron chi connectivity index (χ0n) is 7.56. The first-order valence-electron chi connectivity index (χ1n) is 4.66. The molecule has 0 aromatic heterocycles. The van der Waals surface area contributed by atoms with Crippen molar-refractivity contribution in [3.8, 4) is 0 Å². The maximum Gasteiger partial charge on any atom is 0.109 e. The van der Waals surface area contributed by atoms with E-state index in [0.717, 1.165) is 0 Å². The van der Waals surface area contributed by atoms with Crippen molar-refractivity contribution in [2.24, 2.45) is 0 Å². The number of aliphatic hydroxyl groups is 5. The van der Waals surface area contributed by atoms with Gasteiger partial charge < -0.3 is 25.5 Å². The van der Waals surface area contributed by atoms with Crippen LogP contribution in [0.4, 0.5) is 0 Å². The van der Waals surface area contributed by atoms with Gasteiger partial charge in [0.1, 0.15) is 12.2 Å². The monoisotopic (exact) mass is 205 g/mol. The molecule has 2 aliphatic rings. The van der Waals surface area contributed by atoms with Gasteiger partial charge in [0.15, 0.2) is 0 Å². The Morgan fingerprint density at radius 3 is 1.79 bits per heavy atom. The van der Waals surface area contributed by atoms with E-state index >= 15 is 0 Å². The summed E-state index contributed by atoms with van der Waals surface area (Å²) >= 11 is 0. The summed E-state index contributed by atoms with van der Waals surface area (Å²) in [4.78, 5) is 1.59. The van der Waals surface area contributed by atoms with Gasteiger partial charge in [-0.25, -0.2) is 0 Å². The quantitative estimate of drug-likeness (QED) is 0.281. The summed E-state index contributed by atoms with van der Waals surface area (Å²) in [6, 6.07) is -0.677. The largest absolute Gasteiger partial charge is 0.389 e. The normalized spacial score (nSPS) is 54.6. The second kappa shape index (κ2) is 3.41. The number of nitrogens with zero attached hydrogens (tertiary/aromatic N) is 1. The minimum atomic E-state index is -1.25. The van der Waals surface area contributed by atoms with Crippen LogP contribution in [0, 0.1) is 0 Å². The van der Waals surface area contributed by atoms with Crippen LogP contribution in [-0.2, 0) is 0 Å². The summed E-state index contributed by atoms with van der Waals surface area (Å²) in [5.41, 5.74) is 0. The maximum absolute atomic E-state index is 9.58. The van der Waals surface area contributed by atoms with Crippen molar-refractivity contribution in [3.05, 3.63) is 0 Å². The highest BCUT2D eigenvalue weighted by molar-refractivity contribution is 5.04. The molecule has 2 fully saturated rings. The van der Waals surface area contributed by atoms with Gasteiger partial charge in [-0.1, -0.05) is 0 Å². The average Bonchev–Trinajstić information content (AvgIpc) is 2.39. The van der Waals surface area contributed by atoms with E-state index < -0.39 is 36.6 Å². The molecule has 2 saturated heterocycles. The van der Waals surface area contributed by atoms with Gasteiger partial charge in [-0.05, 0) is 0 Å². The number of fused-ring (bicyclic) bond motifs is 1. The van der Waals surface area contributed by atoms with Gasteiger partial charge in [0.05, 0.1) is 24.4 Å². The van der Waals surface area contributed by atoms with Crippen LogP contribution in [0.1, 0.15) is 0 Å². The number of aliphatic hydroxyl groups excluding tert-OH is 5. The topological polar surface area (TPSA) is 104 Å². The molecular weight excluding hydrogens is 190 g/mol. The first-order valence-corrected chi connectivity index (χ1v) is 4.66. The molecule has 6 nitrogen and oxygen atoms in total. The van der Waals surface area contributed by atoms with Crippen molar-refractivity contribution >= 4 is 0 Å². The van der Waals surface area contributed by atoms with E-state index in [4.69, 9.17) is 0 Å². The third kappa shape index (κ3) is 1.35. The van der Waals surface area contributed by atoms with E-state index in [1.807, 2.05) is 0 Å². The van der Waals surface area contributed by atoms with Gasteiger partial charge in [0.25, 0.3) is 0 Å². The van der Waals surface area contributed by atoms with E-state index in [9.17, 15) is 25.5 Å². The van der Waals surface area contributed by atoms with E-state index in [-0.39, 0.29) is 13.1 Å². The lowest BCUT2D eigenvalue weighted by molar-refractivity contribution is -0.142. The predicted octanol–water partition coefficient (Wildman–Crippen LogP) is -3.51. The van der Waals surface area contributed by atoms with Gasteiger partial charge in [-0.15, -0.1) is 0 Å². The van der Waals surface area contributed by atoms with E-state index in [0.29, 0.717) is 0 Å². The van der Waals surface area contributed by atoms with Crippen molar-refractivity contribution in [1.29, 1.82) is 0 Å². The van der Waals surface area contributed by atoms with Crippen molar-refractivity contribution in [1.82, 2.24) is 4.90 Å². The fraction of sp³-hybridized carbons (Fsp3) is 1.00. The second-order valence-electron chi connectivity index (χ2n) is 4.05. The molecule has 0 aliphatic carbocycles. The zero-order chi connectivity index (χ0) is 10.5. The van der Waals surface area contributed by atoms with Gasteiger partial charge in [0.2, 0.25) is 0 Å². The van der Waals surface area contributed by atoms with Crippen LogP contribution in [0.3, 0.4) is 0 Å². The molecule has 2 aliphatic heterocycles. The molecule has 4 unspecified atom stereocenters. The number of rotatable bonds is 0. The Bertz CT molecular complexity index is 224. The van der Waals surface area contributed by atoms with E-state index in [2.05, 4.69) is 0 Å². The standard InChI is InChI=1S/C8H15NO5/c10-3-1-9-2-4(11)7(13)8(14)5(9)6(3)12/h3-8,10-14H,1-2H2/t3?,4?,5?,6-,7?,8-/m1/s1. The molecule has 5 N–H and O–H groups in total. The zero-order valence-corrected chi connectivity index (χ0v) is 7.56. The molecular formula is C8H15NO5. The van der Waals surface area contributed by atoms with Gasteiger partial charge in [-0.3, -0.25) is 4.90 Å². The fourth-order valence-electron chi connectivity index (χ4n) is 2.31. The smallest absolute Gasteiger partial charge is 0.109 e. The molecule has 0 amide bonds. The molecule has 0 aromatic carbocycles. The van der Waals surface area contributed by atoms with Crippen LogP contribution in [-0.4, -0.2) is 80.1 Å². The molecule has 2 rings (SSSR count). The van der Waals surface area contributed by atoms with Crippen LogP contribution in [0.15, 0.2) is 0 Å². The van der Waals surface area contributed by atoms with Crippen molar-refractivity contribution in [3.63, 3.8) is 0 Å². The maximum atomic E-state index is 9.58. The van der Waals surface area contributed by atoms with Crippen LogP contribution in [0.25, 0.3) is 0 Å². The molecule has 82 valence electrons. The lowest BCUT2D eigenvalue weighted by Crippen LogP contribution is -2.61. The van der Waals surface area contributed by atoms with Gasteiger partial charge >= 0.3 is 0 Å². The molecule has 2 heterocycles. The van der Waals surface area contributed by atoms with Crippen LogP contribution in [0.2, 0.25) is 0 Å². The average molecular weight is 205 g/mol. The Morgan fingerprint density at radius 1 is 0.714 bits per heavy atom. The predicted molar refractivity (Wildman–Crippen MR) is 45.4 cm³/mol. The molecule has 0 spiro atoms. The SMILES string of the molecule is OC1CN2CC(O)[C@@H](O)C2[C@@H](O)C1O. The third-order valence-corrected chi connectivity index (χ3v) is 3.10. The lowest BCUT2D eigenvalue weighted by Gasteiger charge is -2.40. The Labute approximate surface area is 81.0 Å². The molecule has 0 radical (unpaired) electrons. The van der Waals surface area contributed by atoms with E-state index in [1.165, 1.54) is 0 Å². The summed E-state index contributed by atoms with van der Waals surface area (Å²) in [6.07, 6.45) is -5.49. The molecule has 0 saturated carbocycles. The molecule has 14 heavy (non-hydrogen) atoms. The Morgan fingerprint density at radius 2 is 1.21 bits per heavy atom. The van der Waals surface area contributed by atoms with Gasteiger partial charge in [-0.2, -0.15) is 0 Å².